The van der Waals surface area contributed by atoms with Crippen LogP contribution >= 0.6 is 0 Å². The number of hydrogen-bond acceptors (Lipinski definition) is 4. The molecule has 0 aromatic heterocycles. The Bertz CT molecular complexity index is 594. The van der Waals surface area contributed by atoms with Crippen molar-refractivity contribution >= 4 is 23.3 Å². The van der Waals surface area contributed by atoms with Crippen molar-refractivity contribution < 1.29 is 9.59 Å². The summed E-state index contributed by atoms with van der Waals surface area (Å²) in [5.41, 5.74) is 2.07. The van der Waals surface area contributed by atoms with E-state index in [9.17, 15) is 9.59 Å². The molecule has 3 amide bonds. The fourth-order valence-electron chi connectivity index (χ4n) is 2.93. The van der Waals surface area contributed by atoms with E-state index in [1.54, 1.807) is 6.92 Å². The average molecular weight is 330 g/mol. The number of rotatable bonds is 5. The van der Waals surface area contributed by atoms with Crippen molar-refractivity contribution in [1.29, 1.82) is 0 Å². The second kappa shape index (κ2) is 7.55. The van der Waals surface area contributed by atoms with Crippen LogP contribution in [0.15, 0.2) is 24.3 Å². The summed E-state index contributed by atoms with van der Waals surface area (Å²) in [5, 5.41) is 8.31. The molecule has 2 fully saturated rings. The Labute approximate surface area is 143 Å². The number of anilines is 2. The molecular weight excluding hydrogens is 304 g/mol. The first-order valence-corrected chi connectivity index (χ1v) is 8.85. The summed E-state index contributed by atoms with van der Waals surface area (Å²) in [6.07, 6.45) is 5.76. The normalized spacial score (nSPS) is 18.6. The molecule has 1 aromatic carbocycles. The number of nitrogens with zero attached hydrogens (tertiary/aromatic N) is 1. The number of piperidine rings is 1. The predicted molar refractivity (Wildman–Crippen MR) is 95.3 cm³/mol. The van der Waals surface area contributed by atoms with E-state index >= 15 is 0 Å². The SMILES string of the molecule is CC(Nc1cccc(N2CCCCC2)c1)C(=O)NC(=O)NC1CC1. The molecular formula is C18H26N4O2. The molecule has 1 saturated carbocycles. The smallest absolute Gasteiger partial charge is 0.321 e. The molecule has 1 aliphatic heterocycles. The van der Waals surface area contributed by atoms with E-state index in [1.165, 1.54) is 24.9 Å². The van der Waals surface area contributed by atoms with Crippen LogP contribution in [0.25, 0.3) is 0 Å². The van der Waals surface area contributed by atoms with Crippen molar-refractivity contribution in [1.82, 2.24) is 10.6 Å². The van der Waals surface area contributed by atoms with E-state index in [2.05, 4.69) is 33.0 Å². The van der Waals surface area contributed by atoms with Crippen molar-refractivity contribution in [3.8, 4) is 0 Å². The van der Waals surface area contributed by atoms with Gasteiger partial charge in [0.05, 0.1) is 0 Å². The first-order chi connectivity index (χ1) is 11.6. The molecule has 1 unspecified atom stereocenters. The summed E-state index contributed by atoms with van der Waals surface area (Å²) in [6.45, 7) is 3.93. The number of hydrogen-bond donors (Lipinski definition) is 3. The molecule has 1 aromatic rings. The number of imide groups is 1. The molecule has 0 spiro atoms. The largest absolute Gasteiger partial charge is 0.374 e. The highest BCUT2D eigenvalue weighted by Gasteiger charge is 2.25. The van der Waals surface area contributed by atoms with E-state index in [0.29, 0.717) is 0 Å². The van der Waals surface area contributed by atoms with Gasteiger partial charge in [-0.25, -0.2) is 4.79 Å². The van der Waals surface area contributed by atoms with Gasteiger partial charge in [-0.1, -0.05) is 6.07 Å². The molecule has 24 heavy (non-hydrogen) atoms. The van der Waals surface area contributed by atoms with E-state index in [4.69, 9.17) is 0 Å². The molecule has 3 rings (SSSR count). The van der Waals surface area contributed by atoms with Crippen LogP contribution in [-0.2, 0) is 4.79 Å². The summed E-state index contributed by atoms with van der Waals surface area (Å²) in [6, 6.07) is 7.47. The zero-order chi connectivity index (χ0) is 16.9. The van der Waals surface area contributed by atoms with Crippen LogP contribution in [0.1, 0.15) is 39.0 Å². The monoisotopic (exact) mass is 330 g/mol. The zero-order valence-electron chi connectivity index (χ0n) is 14.2. The van der Waals surface area contributed by atoms with Gasteiger partial charge in [0, 0.05) is 30.5 Å². The Kier molecular flexibility index (Phi) is 5.23. The minimum absolute atomic E-state index is 0.238. The third-order valence-electron chi connectivity index (χ3n) is 4.49. The maximum absolute atomic E-state index is 12.1. The van der Waals surface area contributed by atoms with Crippen LogP contribution < -0.4 is 20.9 Å². The highest BCUT2D eigenvalue weighted by atomic mass is 16.2. The molecule has 2 aliphatic rings. The number of amides is 3. The van der Waals surface area contributed by atoms with Gasteiger partial charge in [0.2, 0.25) is 5.91 Å². The minimum atomic E-state index is -0.480. The molecule has 1 aliphatic carbocycles. The summed E-state index contributed by atoms with van der Waals surface area (Å²) in [7, 11) is 0. The maximum atomic E-state index is 12.1. The second-order valence-corrected chi connectivity index (χ2v) is 6.70. The highest BCUT2D eigenvalue weighted by Crippen LogP contribution is 2.23. The molecule has 130 valence electrons. The number of benzene rings is 1. The third kappa shape index (κ3) is 4.63. The van der Waals surface area contributed by atoms with Gasteiger partial charge in [-0.05, 0) is 57.2 Å². The van der Waals surface area contributed by atoms with Gasteiger partial charge in [-0.15, -0.1) is 0 Å². The van der Waals surface area contributed by atoms with Gasteiger partial charge in [-0.3, -0.25) is 10.1 Å². The fourth-order valence-corrected chi connectivity index (χ4v) is 2.93. The first-order valence-electron chi connectivity index (χ1n) is 8.85. The van der Waals surface area contributed by atoms with Gasteiger partial charge in [-0.2, -0.15) is 0 Å². The predicted octanol–water partition coefficient (Wildman–Crippen LogP) is 2.47. The fraction of sp³-hybridized carbons (Fsp3) is 0.556. The third-order valence-corrected chi connectivity index (χ3v) is 4.49. The zero-order valence-corrected chi connectivity index (χ0v) is 14.2. The van der Waals surface area contributed by atoms with Gasteiger partial charge in [0.1, 0.15) is 6.04 Å². The van der Waals surface area contributed by atoms with Gasteiger partial charge in [0.25, 0.3) is 0 Å². The average Bonchev–Trinajstić information content (AvgIpc) is 3.39. The van der Waals surface area contributed by atoms with Crippen molar-refractivity contribution in [3.05, 3.63) is 24.3 Å². The Hall–Kier alpha value is -2.24. The number of carbonyl (C=O) groups is 2. The minimum Gasteiger partial charge on any atom is -0.374 e. The number of carbonyl (C=O) groups excluding carboxylic acids is 2. The van der Waals surface area contributed by atoms with Crippen LogP contribution in [0.3, 0.4) is 0 Å². The van der Waals surface area contributed by atoms with Crippen LogP contribution in [0, 0.1) is 0 Å². The quantitative estimate of drug-likeness (QED) is 0.775. The molecule has 0 bridgehead atoms. The summed E-state index contributed by atoms with van der Waals surface area (Å²) >= 11 is 0. The van der Waals surface area contributed by atoms with Gasteiger partial charge >= 0.3 is 6.03 Å². The molecule has 6 heteroatoms. The Morgan fingerprint density at radius 1 is 1.17 bits per heavy atom. The topological polar surface area (TPSA) is 73.5 Å². The van der Waals surface area contributed by atoms with E-state index in [1.807, 2.05) is 12.1 Å². The lowest BCUT2D eigenvalue weighted by Gasteiger charge is -2.29. The first kappa shape index (κ1) is 16.6. The lowest BCUT2D eigenvalue weighted by molar-refractivity contribution is -0.120. The summed E-state index contributed by atoms with van der Waals surface area (Å²) in [5.74, 6) is -0.323. The molecule has 1 atom stereocenters. The van der Waals surface area contributed by atoms with E-state index in [0.717, 1.165) is 31.6 Å². The van der Waals surface area contributed by atoms with Crippen LogP contribution in [0.4, 0.5) is 16.2 Å². The van der Waals surface area contributed by atoms with E-state index in [-0.39, 0.29) is 11.9 Å². The summed E-state index contributed by atoms with van der Waals surface area (Å²) < 4.78 is 0. The van der Waals surface area contributed by atoms with Gasteiger partial charge in [0.15, 0.2) is 0 Å². The Morgan fingerprint density at radius 3 is 2.62 bits per heavy atom. The second-order valence-electron chi connectivity index (χ2n) is 6.70. The lowest BCUT2D eigenvalue weighted by Crippen LogP contribution is -2.46. The number of nitrogens with one attached hydrogen (secondary N) is 3. The van der Waals surface area contributed by atoms with Crippen LogP contribution in [0.5, 0.6) is 0 Å². The molecule has 1 saturated heterocycles. The standard InChI is InChI=1S/C18H26N4O2/c1-13(17(23)21-18(24)20-14-8-9-14)19-15-6-5-7-16(12-15)22-10-3-2-4-11-22/h5-7,12-14,19H,2-4,8-11H2,1H3,(H2,20,21,23,24). The summed E-state index contributed by atoms with van der Waals surface area (Å²) in [4.78, 5) is 26.1. The van der Waals surface area contributed by atoms with E-state index < -0.39 is 12.1 Å². The molecule has 1 heterocycles. The van der Waals surface area contributed by atoms with Crippen LogP contribution in [-0.4, -0.2) is 37.1 Å². The molecule has 6 nitrogen and oxygen atoms in total. The van der Waals surface area contributed by atoms with Crippen molar-refractivity contribution in [2.24, 2.45) is 0 Å². The molecule has 0 radical (unpaired) electrons. The Morgan fingerprint density at radius 2 is 1.92 bits per heavy atom. The van der Waals surface area contributed by atoms with Crippen LogP contribution in [0.2, 0.25) is 0 Å². The number of urea groups is 1. The Balaban J connectivity index is 1.53. The van der Waals surface area contributed by atoms with Gasteiger partial charge < -0.3 is 15.5 Å². The van der Waals surface area contributed by atoms with Crippen molar-refractivity contribution in [2.45, 2.75) is 51.1 Å². The lowest BCUT2D eigenvalue weighted by atomic mass is 10.1. The maximum Gasteiger partial charge on any atom is 0.321 e. The van der Waals surface area contributed by atoms with Crippen molar-refractivity contribution in [3.63, 3.8) is 0 Å². The molecule has 3 N–H and O–H groups in total. The highest BCUT2D eigenvalue weighted by molar-refractivity contribution is 5.98. The van der Waals surface area contributed by atoms with Crippen molar-refractivity contribution in [2.75, 3.05) is 23.3 Å².